The van der Waals surface area contributed by atoms with Gasteiger partial charge >= 0.3 is 0 Å². The van der Waals surface area contributed by atoms with Gasteiger partial charge in [0.25, 0.3) is 0 Å². The third kappa shape index (κ3) is 11.2. The minimum Gasteiger partial charge on any atom is -0.494 e. The van der Waals surface area contributed by atoms with Crippen molar-refractivity contribution in [2.45, 2.75) is 19.9 Å². The van der Waals surface area contributed by atoms with Crippen LogP contribution in [-0.4, -0.2) is 58.1 Å². The van der Waals surface area contributed by atoms with Crippen LogP contribution in [0.2, 0.25) is 0 Å². The minimum atomic E-state index is 0. The summed E-state index contributed by atoms with van der Waals surface area (Å²) in [7, 11) is 3.41. The molecule has 2 aromatic rings. The number of rotatable bonds is 13. The van der Waals surface area contributed by atoms with Gasteiger partial charge in [-0.3, -0.25) is 4.99 Å². The Morgan fingerprint density at radius 3 is 2.52 bits per heavy atom. The van der Waals surface area contributed by atoms with Crippen LogP contribution in [0, 0.1) is 0 Å². The molecule has 172 valence electrons. The molecule has 0 saturated heterocycles. The number of ether oxygens (including phenoxy) is 4. The largest absolute Gasteiger partial charge is 0.494 e. The molecule has 0 fully saturated rings. The van der Waals surface area contributed by atoms with E-state index in [1.165, 1.54) is 0 Å². The minimum absolute atomic E-state index is 0. The number of benzene rings is 1. The lowest BCUT2D eigenvalue weighted by atomic mass is 10.2. The van der Waals surface area contributed by atoms with Crippen LogP contribution in [0.15, 0.2) is 47.6 Å². The van der Waals surface area contributed by atoms with Crippen molar-refractivity contribution in [1.29, 1.82) is 0 Å². The van der Waals surface area contributed by atoms with Crippen molar-refractivity contribution in [3.05, 3.63) is 48.2 Å². The first-order valence-electron chi connectivity index (χ1n) is 10.1. The Morgan fingerprint density at radius 1 is 1.03 bits per heavy atom. The normalized spacial score (nSPS) is 10.9. The van der Waals surface area contributed by atoms with Gasteiger partial charge < -0.3 is 29.6 Å². The second-order valence-corrected chi connectivity index (χ2v) is 6.32. The highest BCUT2D eigenvalue weighted by atomic mass is 127. The number of hydrogen-bond donors (Lipinski definition) is 2. The van der Waals surface area contributed by atoms with Crippen molar-refractivity contribution in [3.8, 4) is 17.4 Å². The quantitative estimate of drug-likeness (QED) is 0.173. The van der Waals surface area contributed by atoms with Crippen molar-refractivity contribution in [1.82, 2.24) is 15.6 Å². The number of pyridine rings is 1. The monoisotopic (exact) mass is 544 g/mol. The van der Waals surface area contributed by atoms with Gasteiger partial charge in [-0.05, 0) is 49.2 Å². The first-order valence-corrected chi connectivity index (χ1v) is 10.1. The van der Waals surface area contributed by atoms with Gasteiger partial charge in [-0.2, -0.15) is 0 Å². The van der Waals surface area contributed by atoms with Gasteiger partial charge in [0.1, 0.15) is 11.5 Å². The number of hydrogen-bond acceptors (Lipinski definition) is 6. The number of aromatic nitrogens is 1. The molecule has 0 bridgehead atoms. The average Bonchev–Trinajstić information content (AvgIpc) is 2.77. The fourth-order valence-corrected chi connectivity index (χ4v) is 2.54. The van der Waals surface area contributed by atoms with E-state index < -0.39 is 0 Å². The van der Waals surface area contributed by atoms with E-state index in [1.807, 2.05) is 43.3 Å². The Labute approximate surface area is 201 Å². The van der Waals surface area contributed by atoms with Crippen LogP contribution in [0.4, 0.5) is 0 Å². The predicted molar refractivity (Wildman–Crippen MR) is 133 cm³/mol. The smallest absolute Gasteiger partial charge is 0.219 e. The van der Waals surface area contributed by atoms with Crippen LogP contribution in [-0.2, 0) is 16.0 Å². The van der Waals surface area contributed by atoms with Crippen molar-refractivity contribution in [2.75, 3.05) is 47.1 Å². The van der Waals surface area contributed by atoms with Crippen LogP contribution in [0.3, 0.4) is 0 Å². The first kappa shape index (κ1) is 26.9. The molecule has 0 atom stereocenters. The summed E-state index contributed by atoms with van der Waals surface area (Å²) in [5, 5.41) is 6.56. The number of halogens is 1. The van der Waals surface area contributed by atoms with E-state index in [-0.39, 0.29) is 24.0 Å². The summed E-state index contributed by atoms with van der Waals surface area (Å²) in [4.78, 5) is 8.52. The van der Waals surface area contributed by atoms with E-state index in [2.05, 4.69) is 20.6 Å². The predicted octanol–water partition coefficient (Wildman–Crippen LogP) is 3.61. The van der Waals surface area contributed by atoms with Gasteiger partial charge in [0.05, 0.1) is 19.8 Å². The fourth-order valence-electron chi connectivity index (χ4n) is 2.54. The zero-order valence-corrected chi connectivity index (χ0v) is 20.8. The zero-order valence-electron chi connectivity index (χ0n) is 18.4. The molecule has 2 N–H and O–H groups in total. The van der Waals surface area contributed by atoms with E-state index in [4.69, 9.17) is 18.9 Å². The molecule has 0 aliphatic carbocycles. The van der Waals surface area contributed by atoms with Crippen LogP contribution < -0.4 is 20.1 Å². The second kappa shape index (κ2) is 16.6. The molecular weight excluding hydrogens is 511 g/mol. The molecule has 0 amide bonds. The number of guanidine groups is 1. The number of aliphatic imine (C=N–C) groups is 1. The first-order chi connectivity index (χ1) is 14.7. The maximum absolute atomic E-state index is 5.84. The van der Waals surface area contributed by atoms with Gasteiger partial charge in [0, 0.05) is 46.1 Å². The maximum Gasteiger partial charge on any atom is 0.219 e. The maximum atomic E-state index is 5.84. The molecule has 0 radical (unpaired) electrons. The van der Waals surface area contributed by atoms with Crippen LogP contribution in [0.1, 0.15) is 18.9 Å². The molecule has 0 unspecified atom stereocenters. The lowest BCUT2D eigenvalue weighted by Crippen LogP contribution is -2.37. The summed E-state index contributed by atoms with van der Waals surface area (Å²) < 4.78 is 21.7. The highest BCUT2D eigenvalue weighted by Gasteiger charge is 2.03. The molecule has 1 heterocycles. The number of nitrogens with one attached hydrogen (secondary N) is 2. The van der Waals surface area contributed by atoms with Crippen molar-refractivity contribution >= 4 is 29.9 Å². The summed E-state index contributed by atoms with van der Waals surface area (Å²) in [6.07, 6.45) is 2.62. The van der Waals surface area contributed by atoms with E-state index in [0.717, 1.165) is 30.2 Å². The summed E-state index contributed by atoms with van der Waals surface area (Å²) in [5.74, 6) is 2.80. The lowest BCUT2D eigenvalue weighted by Gasteiger charge is -2.12. The SMILES string of the molecule is CCOc1ccc(Oc2cc(CNC(=NC)NCCCOCCOC)ccn2)cc1.I. The third-order valence-electron chi connectivity index (χ3n) is 4.03. The molecule has 0 saturated carbocycles. The molecule has 9 heteroatoms. The van der Waals surface area contributed by atoms with E-state index in [9.17, 15) is 0 Å². The zero-order chi connectivity index (χ0) is 21.4. The van der Waals surface area contributed by atoms with Gasteiger partial charge in [0.15, 0.2) is 5.96 Å². The Balaban J connectivity index is 0.00000480. The Morgan fingerprint density at radius 2 is 1.81 bits per heavy atom. The van der Waals surface area contributed by atoms with Gasteiger partial charge in [-0.1, -0.05) is 0 Å². The molecule has 0 aliphatic heterocycles. The summed E-state index contributed by atoms with van der Waals surface area (Å²) in [5.41, 5.74) is 1.04. The standard InChI is InChI=1S/C22H32N4O4.HI/c1-4-29-19-6-8-20(9-7-19)30-21-16-18(10-12-24-21)17-26-22(23-2)25-11-5-13-28-15-14-27-3;/h6-10,12,16H,4-5,11,13-15,17H2,1-3H3,(H2,23,25,26);1H. The second-order valence-electron chi connectivity index (χ2n) is 6.32. The summed E-state index contributed by atoms with van der Waals surface area (Å²) >= 11 is 0. The third-order valence-corrected chi connectivity index (χ3v) is 4.03. The van der Waals surface area contributed by atoms with Crippen LogP contribution >= 0.6 is 24.0 Å². The topological polar surface area (TPSA) is 86.2 Å². The van der Waals surface area contributed by atoms with Gasteiger partial charge in [-0.15, -0.1) is 24.0 Å². The number of methoxy groups -OCH3 is 1. The summed E-state index contributed by atoms with van der Waals surface area (Å²) in [6, 6.07) is 11.3. The highest BCUT2D eigenvalue weighted by molar-refractivity contribution is 14.0. The Kier molecular flexibility index (Phi) is 14.4. The number of nitrogens with zero attached hydrogens (tertiary/aromatic N) is 2. The van der Waals surface area contributed by atoms with Crippen molar-refractivity contribution in [2.24, 2.45) is 4.99 Å². The van der Waals surface area contributed by atoms with Crippen LogP contribution in [0.25, 0.3) is 0 Å². The molecule has 31 heavy (non-hydrogen) atoms. The molecule has 2 rings (SSSR count). The van der Waals surface area contributed by atoms with Gasteiger partial charge in [0.2, 0.25) is 5.88 Å². The lowest BCUT2D eigenvalue weighted by molar-refractivity contribution is 0.0698. The molecular formula is C22H33IN4O4. The van der Waals surface area contributed by atoms with Crippen molar-refractivity contribution < 1.29 is 18.9 Å². The molecule has 1 aromatic carbocycles. The van der Waals surface area contributed by atoms with Crippen molar-refractivity contribution in [3.63, 3.8) is 0 Å². The molecule has 0 aliphatic rings. The van der Waals surface area contributed by atoms with Gasteiger partial charge in [-0.25, -0.2) is 4.98 Å². The molecule has 1 aromatic heterocycles. The molecule has 0 spiro atoms. The summed E-state index contributed by atoms with van der Waals surface area (Å²) in [6.45, 7) is 5.89. The Hall–Kier alpha value is -2.11. The highest BCUT2D eigenvalue weighted by Crippen LogP contribution is 2.23. The average molecular weight is 544 g/mol. The fraction of sp³-hybridized carbons (Fsp3) is 0.455. The van der Waals surface area contributed by atoms with Crippen LogP contribution in [0.5, 0.6) is 17.4 Å². The van der Waals surface area contributed by atoms with E-state index in [0.29, 0.717) is 44.6 Å². The van der Waals surface area contributed by atoms with E-state index >= 15 is 0 Å². The Bertz CT molecular complexity index is 759. The molecule has 8 nitrogen and oxygen atoms in total. The van der Waals surface area contributed by atoms with E-state index in [1.54, 1.807) is 20.4 Å².